The van der Waals surface area contributed by atoms with Crippen molar-refractivity contribution in [2.24, 2.45) is 0 Å². The van der Waals surface area contributed by atoms with Crippen LogP contribution in [-0.4, -0.2) is 21.8 Å². The number of ether oxygens (including phenoxy) is 1. The van der Waals surface area contributed by atoms with E-state index in [4.69, 9.17) is 16.3 Å². The first kappa shape index (κ1) is 20.0. The van der Waals surface area contributed by atoms with Gasteiger partial charge < -0.3 is 10.1 Å². The summed E-state index contributed by atoms with van der Waals surface area (Å²) in [6.45, 7) is 0. The van der Waals surface area contributed by atoms with Crippen LogP contribution in [0, 0.1) is 10.1 Å². The lowest BCUT2D eigenvalue weighted by molar-refractivity contribution is -0.384. The zero-order valence-corrected chi connectivity index (χ0v) is 15.6. The van der Waals surface area contributed by atoms with Crippen molar-refractivity contribution in [2.75, 3.05) is 5.32 Å². The van der Waals surface area contributed by atoms with Crippen LogP contribution >= 0.6 is 11.6 Å². The monoisotopic (exact) mass is 411 g/mol. The molecule has 146 valence electrons. The molecule has 1 heterocycles. The Morgan fingerprint density at radius 1 is 1.07 bits per heavy atom. The number of nitrogens with zero attached hydrogens (tertiary/aromatic N) is 2. The minimum Gasteiger partial charge on any atom is -0.443 e. The first-order valence-corrected chi connectivity index (χ1v) is 8.75. The van der Waals surface area contributed by atoms with E-state index in [9.17, 15) is 19.7 Å². The molecule has 0 bridgehead atoms. The standard InChI is InChI=1S/C20H14ClN3O5/c21-15-10-9-14(12-17(15)24(27)28)23-19(25)18(13-6-2-1-3-7-13)29-20(26)16-8-4-5-11-22-16/h1-12,18H,(H,23,25)/t18-/m1/s1. The predicted octanol–water partition coefficient (Wildman–Crippen LogP) is 4.18. The number of hydrogen-bond acceptors (Lipinski definition) is 6. The van der Waals surface area contributed by atoms with Gasteiger partial charge in [-0.05, 0) is 24.3 Å². The second-order valence-electron chi connectivity index (χ2n) is 5.82. The van der Waals surface area contributed by atoms with Crippen LogP contribution in [0.5, 0.6) is 0 Å². The third kappa shape index (κ3) is 4.94. The van der Waals surface area contributed by atoms with E-state index in [0.29, 0.717) is 5.56 Å². The van der Waals surface area contributed by atoms with Crippen molar-refractivity contribution < 1.29 is 19.2 Å². The molecule has 0 aliphatic carbocycles. The van der Waals surface area contributed by atoms with Crippen LogP contribution in [0.2, 0.25) is 5.02 Å². The second-order valence-corrected chi connectivity index (χ2v) is 6.23. The minimum absolute atomic E-state index is 0.0448. The number of aromatic nitrogens is 1. The fourth-order valence-corrected chi connectivity index (χ4v) is 2.68. The maximum absolute atomic E-state index is 12.8. The number of nitrogens with one attached hydrogen (secondary N) is 1. The molecule has 0 aliphatic rings. The van der Waals surface area contributed by atoms with E-state index in [0.717, 1.165) is 6.07 Å². The van der Waals surface area contributed by atoms with Gasteiger partial charge in [-0.3, -0.25) is 14.9 Å². The number of pyridine rings is 1. The van der Waals surface area contributed by atoms with Crippen molar-refractivity contribution in [3.63, 3.8) is 0 Å². The van der Waals surface area contributed by atoms with Crippen molar-refractivity contribution in [3.8, 4) is 0 Å². The molecule has 1 amide bonds. The second kappa shape index (κ2) is 8.94. The molecule has 0 radical (unpaired) electrons. The van der Waals surface area contributed by atoms with Crippen molar-refractivity contribution >= 4 is 34.9 Å². The van der Waals surface area contributed by atoms with Crippen molar-refractivity contribution in [3.05, 3.63) is 99.3 Å². The summed E-state index contributed by atoms with van der Waals surface area (Å²) in [6, 6.07) is 17.0. The van der Waals surface area contributed by atoms with E-state index in [2.05, 4.69) is 10.3 Å². The van der Waals surface area contributed by atoms with Gasteiger partial charge in [0.2, 0.25) is 6.10 Å². The first-order chi connectivity index (χ1) is 14.0. The molecule has 0 unspecified atom stereocenters. The lowest BCUT2D eigenvalue weighted by Gasteiger charge is -2.18. The molecule has 3 aromatic rings. The average Bonchev–Trinajstić information content (AvgIpc) is 2.74. The fraction of sp³-hybridized carbons (Fsp3) is 0.0500. The molecule has 0 saturated heterocycles. The summed E-state index contributed by atoms with van der Waals surface area (Å²) in [4.78, 5) is 39.5. The normalized spacial score (nSPS) is 11.3. The summed E-state index contributed by atoms with van der Waals surface area (Å²) in [5.74, 6) is -1.46. The Labute approximate surface area is 170 Å². The molecule has 0 spiro atoms. The molecule has 0 saturated carbocycles. The van der Waals surface area contributed by atoms with Gasteiger partial charge in [0.15, 0.2) is 0 Å². The fourth-order valence-electron chi connectivity index (χ4n) is 2.49. The zero-order valence-electron chi connectivity index (χ0n) is 14.8. The summed E-state index contributed by atoms with van der Waals surface area (Å²) < 4.78 is 5.38. The Kier molecular flexibility index (Phi) is 6.16. The van der Waals surface area contributed by atoms with Crippen LogP contribution in [0.4, 0.5) is 11.4 Å². The molecule has 1 atom stereocenters. The van der Waals surface area contributed by atoms with Crippen LogP contribution in [0.25, 0.3) is 0 Å². The van der Waals surface area contributed by atoms with E-state index in [1.807, 2.05) is 0 Å². The smallest absolute Gasteiger partial charge is 0.358 e. The maximum atomic E-state index is 12.8. The molecule has 1 N–H and O–H groups in total. The zero-order chi connectivity index (χ0) is 20.8. The number of halogens is 1. The molecule has 0 aliphatic heterocycles. The van der Waals surface area contributed by atoms with Crippen LogP contribution in [-0.2, 0) is 9.53 Å². The van der Waals surface area contributed by atoms with Gasteiger partial charge in [0.1, 0.15) is 10.7 Å². The topological polar surface area (TPSA) is 111 Å². The number of hydrogen-bond donors (Lipinski definition) is 1. The number of nitro benzene ring substituents is 1. The molecule has 2 aromatic carbocycles. The highest BCUT2D eigenvalue weighted by atomic mass is 35.5. The number of carbonyl (C=O) groups excluding carboxylic acids is 2. The van der Waals surface area contributed by atoms with Crippen molar-refractivity contribution in [1.29, 1.82) is 0 Å². The number of carbonyl (C=O) groups is 2. The highest BCUT2D eigenvalue weighted by Crippen LogP contribution is 2.28. The largest absolute Gasteiger partial charge is 0.443 e. The first-order valence-electron chi connectivity index (χ1n) is 8.37. The third-order valence-electron chi connectivity index (χ3n) is 3.85. The maximum Gasteiger partial charge on any atom is 0.358 e. The SMILES string of the molecule is O=C(O[C@@H](C(=O)Nc1ccc(Cl)c([N+](=O)[O-])c1)c1ccccc1)c1ccccn1. The minimum atomic E-state index is -1.29. The van der Waals surface area contributed by atoms with E-state index < -0.39 is 22.9 Å². The highest BCUT2D eigenvalue weighted by Gasteiger charge is 2.27. The number of esters is 1. The van der Waals surface area contributed by atoms with Gasteiger partial charge in [-0.2, -0.15) is 0 Å². The van der Waals surface area contributed by atoms with E-state index >= 15 is 0 Å². The lowest BCUT2D eigenvalue weighted by atomic mass is 10.1. The predicted molar refractivity (Wildman–Crippen MR) is 106 cm³/mol. The third-order valence-corrected chi connectivity index (χ3v) is 4.17. The Morgan fingerprint density at radius 2 is 1.79 bits per heavy atom. The average molecular weight is 412 g/mol. The Morgan fingerprint density at radius 3 is 2.45 bits per heavy atom. The van der Waals surface area contributed by atoms with Gasteiger partial charge in [-0.15, -0.1) is 0 Å². The number of nitro groups is 1. The van der Waals surface area contributed by atoms with Gasteiger partial charge in [-0.1, -0.05) is 48.0 Å². The van der Waals surface area contributed by atoms with Crippen molar-refractivity contribution in [2.45, 2.75) is 6.10 Å². The summed E-state index contributed by atoms with van der Waals surface area (Å²) in [5, 5.41) is 13.5. The molecule has 1 aromatic heterocycles. The molecule has 0 fully saturated rings. The van der Waals surface area contributed by atoms with E-state index in [1.54, 1.807) is 42.5 Å². The molecule has 3 rings (SSSR count). The molecule has 29 heavy (non-hydrogen) atoms. The Hall–Kier alpha value is -3.78. The number of rotatable bonds is 6. The summed E-state index contributed by atoms with van der Waals surface area (Å²) in [5.41, 5.74) is 0.258. The lowest BCUT2D eigenvalue weighted by Crippen LogP contribution is -2.26. The molecular formula is C20H14ClN3O5. The van der Waals surface area contributed by atoms with E-state index in [1.165, 1.54) is 24.4 Å². The Balaban J connectivity index is 1.86. The summed E-state index contributed by atoms with van der Waals surface area (Å²) >= 11 is 5.79. The van der Waals surface area contributed by atoms with Gasteiger partial charge >= 0.3 is 5.97 Å². The van der Waals surface area contributed by atoms with Crippen LogP contribution < -0.4 is 5.32 Å². The van der Waals surface area contributed by atoms with Gasteiger partial charge in [0.05, 0.1) is 4.92 Å². The number of benzene rings is 2. The summed E-state index contributed by atoms with van der Waals surface area (Å²) in [6.07, 6.45) is 0.140. The van der Waals surface area contributed by atoms with Gasteiger partial charge in [-0.25, -0.2) is 9.78 Å². The van der Waals surface area contributed by atoms with Crippen LogP contribution in [0.15, 0.2) is 72.9 Å². The van der Waals surface area contributed by atoms with Crippen molar-refractivity contribution in [1.82, 2.24) is 4.98 Å². The summed E-state index contributed by atoms with van der Waals surface area (Å²) in [7, 11) is 0. The molecule has 9 heteroatoms. The van der Waals surface area contributed by atoms with Gasteiger partial charge in [0, 0.05) is 23.5 Å². The Bertz CT molecular complexity index is 1040. The number of amides is 1. The number of anilines is 1. The molecular weight excluding hydrogens is 398 g/mol. The van der Waals surface area contributed by atoms with Crippen LogP contribution in [0.1, 0.15) is 22.2 Å². The molecule has 8 nitrogen and oxygen atoms in total. The van der Waals surface area contributed by atoms with E-state index in [-0.39, 0.29) is 22.1 Å². The van der Waals surface area contributed by atoms with Gasteiger partial charge in [0.25, 0.3) is 11.6 Å². The van der Waals surface area contributed by atoms with Crippen LogP contribution in [0.3, 0.4) is 0 Å². The highest BCUT2D eigenvalue weighted by molar-refractivity contribution is 6.32. The quantitative estimate of drug-likeness (QED) is 0.370.